The lowest BCUT2D eigenvalue weighted by atomic mass is 10.1. The first-order chi connectivity index (χ1) is 8.60. The van der Waals surface area contributed by atoms with Gasteiger partial charge in [-0.2, -0.15) is 0 Å². The second-order valence-corrected chi connectivity index (χ2v) is 4.43. The van der Waals surface area contributed by atoms with E-state index in [2.05, 4.69) is 24.2 Å². The van der Waals surface area contributed by atoms with E-state index in [9.17, 15) is 4.39 Å². The Bertz CT molecular complexity index is 371. The van der Waals surface area contributed by atoms with Crippen LogP contribution in [0.15, 0.2) is 18.2 Å². The quantitative estimate of drug-likeness (QED) is 0.809. The van der Waals surface area contributed by atoms with E-state index in [-0.39, 0.29) is 11.9 Å². The summed E-state index contributed by atoms with van der Waals surface area (Å²) in [6, 6.07) is 4.85. The van der Waals surface area contributed by atoms with E-state index in [1.54, 1.807) is 19.2 Å². The van der Waals surface area contributed by atoms with Crippen molar-refractivity contribution in [1.29, 1.82) is 0 Å². The predicted molar refractivity (Wildman–Crippen MR) is 72.5 cm³/mol. The topological polar surface area (TPSA) is 24.5 Å². The second-order valence-electron chi connectivity index (χ2n) is 4.43. The molecule has 0 heterocycles. The van der Waals surface area contributed by atoms with Crippen LogP contribution >= 0.6 is 0 Å². The first kappa shape index (κ1) is 14.9. The van der Waals surface area contributed by atoms with Crippen LogP contribution in [0, 0.1) is 5.82 Å². The van der Waals surface area contributed by atoms with Crippen LogP contribution in [0.1, 0.15) is 25.5 Å². The number of rotatable bonds is 7. The summed E-state index contributed by atoms with van der Waals surface area (Å²) in [7, 11) is 3.63. The second kappa shape index (κ2) is 7.34. The Morgan fingerprint density at radius 3 is 2.78 bits per heavy atom. The lowest BCUT2D eigenvalue weighted by Gasteiger charge is -2.20. The molecule has 102 valence electrons. The Kier molecular flexibility index (Phi) is 6.09. The van der Waals surface area contributed by atoms with Gasteiger partial charge >= 0.3 is 0 Å². The highest BCUT2D eigenvalue weighted by Gasteiger charge is 2.15. The van der Waals surface area contributed by atoms with Crippen LogP contribution in [-0.4, -0.2) is 38.7 Å². The molecule has 1 aromatic rings. The van der Waals surface area contributed by atoms with E-state index in [1.165, 1.54) is 6.07 Å². The third-order valence-electron chi connectivity index (χ3n) is 3.15. The Balaban J connectivity index is 2.63. The Labute approximate surface area is 109 Å². The smallest absolute Gasteiger partial charge is 0.131 e. The largest absolute Gasteiger partial charge is 0.496 e. The number of halogens is 1. The summed E-state index contributed by atoms with van der Waals surface area (Å²) in [4.78, 5) is 2.21. The zero-order valence-corrected chi connectivity index (χ0v) is 11.7. The van der Waals surface area contributed by atoms with Crippen molar-refractivity contribution in [1.82, 2.24) is 10.2 Å². The van der Waals surface area contributed by atoms with E-state index < -0.39 is 0 Å². The summed E-state index contributed by atoms with van der Waals surface area (Å²) >= 11 is 0. The van der Waals surface area contributed by atoms with Crippen molar-refractivity contribution >= 4 is 0 Å². The lowest BCUT2D eigenvalue weighted by Crippen LogP contribution is -2.31. The molecule has 1 rings (SSSR count). The van der Waals surface area contributed by atoms with Crippen molar-refractivity contribution in [2.75, 3.05) is 33.8 Å². The highest BCUT2D eigenvalue weighted by molar-refractivity contribution is 5.36. The van der Waals surface area contributed by atoms with Crippen molar-refractivity contribution in [3.63, 3.8) is 0 Å². The summed E-state index contributed by atoms with van der Waals surface area (Å²) in [5, 5.41) is 3.32. The van der Waals surface area contributed by atoms with Crippen LogP contribution in [0.5, 0.6) is 5.75 Å². The van der Waals surface area contributed by atoms with Gasteiger partial charge in [0.05, 0.1) is 7.11 Å². The fourth-order valence-corrected chi connectivity index (χ4v) is 1.85. The molecular formula is C14H23FN2O. The molecule has 3 nitrogen and oxygen atoms in total. The maximum atomic E-state index is 13.8. The minimum atomic E-state index is -0.224. The highest BCUT2D eigenvalue weighted by atomic mass is 19.1. The van der Waals surface area contributed by atoms with Gasteiger partial charge < -0.3 is 15.0 Å². The molecular weight excluding hydrogens is 231 g/mol. The number of likely N-dealkylation sites (N-methyl/N-ethyl adjacent to an activating group) is 1. The average molecular weight is 254 g/mol. The maximum absolute atomic E-state index is 13.8. The van der Waals surface area contributed by atoms with Crippen LogP contribution < -0.4 is 10.1 Å². The molecule has 0 aliphatic rings. The van der Waals surface area contributed by atoms with E-state index >= 15 is 0 Å². The van der Waals surface area contributed by atoms with Gasteiger partial charge in [-0.3, -0.25) is 0 Å². The fourth-order valence-electron chi connectivity index (χ4n) is 1.85. The minimum Gasteiger partial charge on any atom is -0.496 e. The molecule has 0 spiro atoms. The van der Waals surface area contributed by atoms with E-state index in [4.69, 9.17) is 4.74 Å². The number of methoxy groups -OCH3 is 1. The third-order valence-corrected chi connectivity index (χ3v) is 3.15. The SMILES string of the molecule is CCN(C)CCNC(C)c1c(F)cccc1OC. The van der Waals surface area contributed by atoms with Gasteiger partial charge in [-0.05, 0) is 32.6 Å². The van der Waals surface area contributed by atoms with Gasteiger partial charge in [-0.15, -0.1) is 0 Å². The average Bonchev–Trinajstić information content (AvgIpc) is 2.37. The van der Waals surface area contributed by atoms with Gasteiger partial charge in [0.1, 0.15) is 11.6 Å². The van der Waals surface area contributed by atoms with E-state index in [0.29, 0.717) is 11.3 Å². The van der Waals surface area contributed by atoms with Gasteiger partial charge in [0.15, 0.2) is 0 Å². The number of nitrogens with zero attached hydrogens (tertiary/aromatic N) is 1. The molecule has 0 aromatic heterocycles. The summed E-state index contributed by atoms with van der Waals surface area (Å²) in [5.74, 6) is 0.372. The van der Waals surface area contributed by atoms with E-state index in [0.717, 1.165) is 19.6 Å². The van der Waals surface area contributed by atoms with Gasteiger partial charge in [-0.1, -0.05) is 13.0 Å². The highest BCUT2D eigenvalue weighted by Crippen LogP contribution is 2.27. The van der Waals surface area contributed by atoms with Crippen LogP contribution in [0.25, 0.3) is 0 Å². The van der Waals surface area contributed by atoms with Gasteiger partial charge in [0.2, 0.25) is 0 Å². The first-order valence-electron chi connectivity index (χ1n) is 6.34. The fraction of sp³-hybridized carbons (Fsp3) is 0.571. The molecule has 0 aliphatic heterocycles. The number of nitrogens with one attached hydrogen (secondary N) is 1. The Morgan fingerprint density at radius 2 is 2.17 bits per heavy atom. The Morgan fingerprint density at radius 1 is 1.44 bits per heavy atom. The molecule has 1 unspecified atom stereocenters. The Hall–Kier alpha value is -1.13. The monoisotopic (exact) mass is 254 g/mol. The number of hydrogen-bond acceptors (Lipinski definition) is 3. The van der Waals surface area contributed by atoms with Crippen molar-refractivity contribution in [2.24, 2.45) is 0 Å². The lowest BCUT2D eigenvalue weighted by molar-refractivity contribution is 0.338. The van der Waals surface area contributed by atoms with Gasteiger partial charge in [0, 0.05) is 24.7 Å². The molecule has 4 heteroatoms. The molecule has 0 radical (unpaired) electrons. The molecule has 0 fully saturated rings. The van der Waals surface area contributed by atoms with Gasteiger partial charge in [0.25, 0.3) is 0 Å². The summed E-state index contributed by atoms with van der Waals surface area (Å²) in [6.45, 7) is 6.84. The minimum absolute atomic E-state index is 0.0635. The molecule has 0 saturated carbocycles. The van der Waals surface area contributed by atoms with Crippen LogP contribution in [-0.2, 0) is 0 Å². The first-order valence-corrected chi connectivity index (χ1v) is 6.34. The van der Waals surface area contributed by atoms with Crippen molar-refractivity contribution in [2.45, 2.75) is 19.9 Å². The standard InChI is InChI=1S/C14H23FN2O/c1-5-17(3)10-9-16-11(2)14-12(15)7-6-8-13(14)18-4/h6-8,11,16H,5,9-10H2,1-4H3. The summed E-state index contributed by atoms with van der Waals surface area (Å²) in [6.07, 6.45) is 0. The predicted octanol–water partition coefficient (Wildman–Crippen LogP) is 2.44. The zero-order chi connectivity index (χ0) is 13.5. The van der Waals surface area contributed by atoms with E-state index in [1.807, 2.05) is 6.92 Å². The van der Waals surface area contributed by atoms with Crippen LogP contribution in [0.3, 0.4) is 0 Å². The maximum Gasteiger partial charge on any atom is 0.131 e. The molecule has 1 aromatic carbocycles. The molecule has 1 N–H and O–H groups in total. The molecule has 0 saturated heterocycles. The zero-order valence-electron chi connectivity index (χ0n) is 11.7. The van der Waals surface area contributed by atoms with Gasteiger partial charge in [-0.25, -0.2) is 4.39 Å². The van der Waals surface area contributed by atoms with Crippen molar-refractivity contribution in [3.05, 3.63) is 29.6 Å². The van der Waals surface area contributed by atoms with Crippen LogP contribution in [0.4, 0.5) is 4.39 Å². The summed E-state index contributed by atoms with van der Waals surface area (Å²) < 4.78 is 19.0. The van der Waals surface area contributed by atoms with Crippen molar-refractivity contribution < 1.29 is 9.13 Å². The summed E-state index contributed by atoms with van der Waals surface area (Å²) in [5.41, 5.74) is 0.596. The molecule has 0 amide bonds. The van der Waals surface area contributed by atoms with Crippen molar-refractivity contribution in [3.8, 4) is 5.75 Å². The molecule has 1 atom stereocenters. The molecule has 18 heavy (non-hydrogen) atoms. The molecule has 0 bridgehead atoms. The van der Waals surface area contributed by atoms with Crippen LogP contribution in [0.2, 0.25) is 0 Å². The normalized spacial score (nSPS) is 12.8. The number of ether oxygens (including phenoxy) is 1. The third kappa shape index (κ3) is 3.96. The number of benzene rings is 1. The molecule has 0 aliphatic carbocycles. The number of hydrogen-bond donors (Lipinski definition) is 1.